The van der Waals surface area contributed by atoms with E-state index in [1.165, 1.54) is 6.42 Å². The predicted octanol–water partition coefficient (Wildman–Crippen LogP) is 3.19. The average Bonchev–Trinajstić information content (AvgIpc) is 3.10. The summed E-state index contributed by atoms with van der Waals surface area (Å²) >= 11 is 0. The van der Waals surface area contributed by atoms with Crippen LogP contribution in [0.3, 0.4) is 0 Å². The zero-order valence-corrected chi connectivity index (χ0v) is 14.3. The van der Waals surface area contributed by atoms with Crippen molar-refractivity contribution in [3.8, 4) is 0 Å². The van der Waals surface area contributed by atoms with Crippen molar-refractivity contribution < 1.29 is 14.3 Å². The van der Waals surface area contributed by atoms with Crippen LogP contribution in [0.4, 0.5) is 4.79 Å². The molecule has 5 nitrogen and oxygen atoms in total. The number of carbonyl (C=O) groups is 2. The highest BCUT2D eigenvalue weighted by Gasteiger charge is 2.39. The Bertz CT molecular complexity index is 575. The van der Waals surface area contributed by atoms with Crippen molar-refractivity contribution >= 4 is 12.0 Å². The van der Waals surface area contributed by atoms with Crippen LogP contribution in [0.25, 0.3) is 0 Å². The Morgan fingerprint density at radius 1 is 1.04 bits per heavy atom. The van der Waals surface area contributed by atoms with Gasteiger partial charge in [-0.25, -0.2) is 4.79 Å². The highest BCUT2D eigenvalue weighted by atomic mass is 16.6. The molecule has 3 rings (SSSR count). The van der Waals surface area contributed by atoms with Crippen molar-refractivity contribution in [2.45, 2.75) is 57.7 Å². The molecular weight excluding hydrogens is 304 g/mol. The standard InChI is InChI=1S/C19H26N2O3/c1-15-8-5-6-12-20(15)18(22)17-11-7-13-21(17)19(23)24-14-16-9-3-2-4-10-16/h2-4,9-10,15,17H,5-8,11-14H2,1H3. The maximum absolute atomic E-state index is 12.9. The summed E-state index contributed by atoms with van der Waals surface area (Å²) in [5.74, 6) is 0.0939. The number of ether oxygens (including phenoxy) is 1. The molecule has 0 radical (unpaired) electrons. The first-order valence-corrected chi connectivity index (χ1v) is 8.94. The van der Waals surface area contributed by atoms with E-state index in [1.807, 2.05) is 35.2 Å². The summed E-state index contributed by atoms with van der Waals surface area (Å²) in [5, 5.41) is 0. The van der Waals surface area contributed by atoms with Crippen LogP contribution >= 0.6 is 0 Å². The van der Waals surface area contributed by atoms with E-state index in [0.717, 1.165) is 37.8 Å². The fourth-order valence-electron chi connectivity index (χ4n) is 3.66. The minimum Gasteiger partial charge on any atom is -0.445 e. The summed E-state index contributed by atoms with van der Waals surface area (Å²) in [6.07, 6.45) is 4.51. The number of hydrogen-bond acceptors (Lipinski definition) is 3. The molecule has 0 aliphatic carbocycles. The quantitative estimate of drug-likeness (QED) is 0.855. The molecule has 0 N–H and O–H groups in total. The Labute approximate surface area is 143 Å². The molecule has 5 heteroatoms. The Morgan fingerprint density at radius 3 is 2.54 bits per heavy atom. The van der Waals surface area contributed by atoms with E-state index in [9.17, 15) is 9.59 Å². The lowest BCUT2D eigenvalue weighted by Gasteiger charge is -2.36. The first kappa shape index (κ1) is 16.8. The van der Waals surface area contributed by atoms with Crippen LogP contribution in [0.15, 0.2) is 30.3 Å². The summed E-state index contributed by atoms with van der Waals surface area (Å²) < 4.78 is 5.42. The van der Waals surface area contributed by atoms with E-state index in [2.05, 4.69) is 6.92 Å². The fraction of sp³-hybridized carbons (Fsp3) is 0.579. The second kappa shape index (κ2) is 7.69. The van der Waals surface area contributed by atoms with E-state index < -0.39 is 0 Å². The summed E-state index contributed by atoms with van der Waals surface area (Å²) in [6, 6.07) is 9.54. The fourth-order valence-corrected chi connectivity index (χ4v) is 3.66. The topological polar surface area (TPSA) is 49.9 Å². The molecule has 2 atom stereocenters. The summed E-state index contributed by atoms with van der Waals surface area (Å²) in [6.45, 7) is 3.76. The zero-order chi connectivity index (χ0) is 16.9. The third-order valence-corrected chi connectivity index (χ3v) is 5.06. The number of nitrogens with zero attached hydrogens (tertiary/aromatic N) is 2. The number of rotatable bonds is 3. The van der Waals surface area contributed by atoms with Crippen molar-refractivity contribution in [2.24, 2.45) is 0 Å². The largest absolute Gasteiger partial charge is 0.445 e. The van der Waals surface area contributed by atoms with Crippen molar-refractivity contribution in [3.63, 3.8) is 0 Å². The van der Waals surface area contributed by atoms with E-state index in [0.29, 0.717) is 6.54 Å². The first-order valence-electron chi connectivity index (χ1n) is 8.94. The second-order valence-electron chi connectivity index (χ2n) is 6.77. The van der Waals surface area contributed by atoms with Crippen LogP contribution in [-0.4, -0.2) is 47.0 Å². The van der Waals surface area contributed by atoms with E-state index in [1.54, 1.807) is 4.90 Å². The van der Waals surface area contributed by atoms with Crippen LogP contribution in [0.5, 0.6) is 0 Å². The van der Waals surface area contributed by atoms with Gasteiger partial charge in [0.15, 0.2) is 0 Å². The molecule has 2 unspecified atom stereocenters. The molecule has 0 aromatic heterocycles. The van der Waals surface area contributed by atoms with Crippen LogP contribution in [0, 0.1) is 0 Å². The highest BCUT2D eigenvalue weighted by molar-refractivity contribution is 5.86. The average molecular weight is 330 g/mol. The van der Waals surface area contributed by atoms with Gasteiger partial charge in [0.05, 0.1) is 0 Å². The minimum atomic E-state index is -0.376. The van der Waals surface area contributed by atoms with Gasteiger partial charge in [-0.05, 0) is 44.6 Å². The molecule has 0 bridgehead atoms. The third kappa shape index (κ3) is 3.71. The summed E-state index contributed by atoms with van der Waals surface area (Å²) in [5.41, 5.74) is 0.956. The highest BCUT2D eigenvalue weighted by Crippen LogP contribution is 2.24. The van der Waals surface area contributed by atoms with Gasteiger partial charge in [0.1, 0.15) is 12.6 Å². The number of carbonyl (C=O) groups excluding carboxylic acids is 2. The smallest absolute Gasteiger partial charge is 0.410 e. The SMILES string of the molecule is CC1CCCCN1C(=O)C1CCCN1C(=O)OCc1ccccc1. The van der Waals surface area contributed by atoms with Crippen molar-refractivity contribution in [3.05, 3.63) is 35.9 Å². The van der Waals surface area contributed by atoms with Crippen LogP contribution in [0.1, 0.15) is 44.6 Å². The van der Waals surface area contributed by atoms with Gasteiger partial charge < -0.3 is 9.64 Å². The van der Waals surface area contributed by atoms with Gasteiger partial charge in [0.25, 0.3) is 0 Å². The number of hydrogen-bond donors (Lipinski definition) is 0. The molecule has 2 aliphatic heterocycles. The number of benzene rings is 1. The Morgan fingerprint density at radius 2 is 1.79 bits per heavy atom. The molecule has 1 aromatic carbocycles. The van der Waals surface area contributed by atoms with Gasteiger partial charge >= 0.3 is 6.09 Å². The van der Waals surface area contributed by atoms with E-state index >= 15 is 0 Å². The molecule has 1 aromatic rings. The lowest BCUT2D eigenvalue weighted by Crippen LogP contribution is -2.52. The van der Waals surface area contributed by atoms with Gasteiger partial charge in [0, 0.05) is 19.1 Å². The summed E-state index contributed by atoms with van der Waals surface area (Å²) in [4.78, 5) is 28.9. The maximum Gasteiger partial charge on any atom is 0.410 e. The molecule has 0 saturated carbocycles. The lowest BCUT2D eigenvalue weighted by atomic mass is 10.0. The maximum atomic E-state index is 12.9. The normalized spacial score (nSPS) is 24.0. The van der Waals surface area contributed by atoms with E-state index in [-0.39, 0.29) is 30.7 Å². The monoisotopic (exact) mass is 330 g/mol. The lowest BCUT2D eigenvalue weighted by molar-refractivity contribution is -0.138. The number of piperidine rings is 1. The molecule has 2 saturated heterocycles. The van der Waals surface area contributed by atoms with Crippen molar-refractivity contribution in [1.82, 2.24) is 9.80 Å². The van der Waals surface area contributed by atoms with Crippen molar-refractivity contribution in [2.75, 3.05) is 13.1 Å². The van der Waals surface area contributed by atoms with Gasteiger partial charge in [-0.3, -0.25) is 9.69 Å². The number of likely N-dealkylation sites (tertiary alicyclic amines) is 2. The Hall–Kier alpha value is -2.04. The van der Waals surface area contributed by atoms with E-state index in [4.69, 9.17) is 4.74 Å². The molecule has 2 heterocycles. The molecule has 24 heavy (non-hydrogen) atoms. The van der Waals surface area contributed by atoms with Crippen LogP contribution in [0.2, 0.25) is 0 Å². The molecule has 2 fully saturated rings. The van der Waals surface area contributed by atoms with Crippen LogP contribution in [-0.2, 0) is 16.1 Å². The third-order valence-electron chi connectivity index (χ3n) is 5.06. The predicted molar refractivity (Wildman–Crippen MR) is 91.4 cm³/mol. The van der Waals surface area contributed by atoms with Crippen molar-refractivity contribution in [1.29, 1.82) is 0 Å². The molecular formula is C19H26N2O3. The van der Waals surface area contributed by atoms with Gasteiger partial charge in [-0.2, -0.15) is 0 Å². The van der Waals surface area contributed by atoms with Gasteiger partial charge in [-0.1, -0.05) is 30.3 Å². The zero-order valence-electron chi connectivity index (χ0n) is 14.3. The van der Waals surface area contributed by atoms with Crippen LogP contribution < -0.4 is 0 Å². The second-order valence-corrected chi connectivity index (χ2v) is 6.77. The minimum absolute atomic E-state index is 0.0939. The molecule has 2 amide bonds. The Balaban J connectivity index is 1.60. The molecule has 130 valence electrons. The van der Waals surface area contributed by atoms with Gasteiger partial charge in [-0.15, -0.1) is 0 Å². The Kier molecular flexibility index (Phi) is 5.38. The molecule has 2 aliphatic rings. The molecule has 0 spiro atoms. The first-order chi connectivity index (χ1) is 11.7. The summed E-state index contributed by atoms with van der Waals surface area (Å²) in [7, 11) is 0. The number of amides is 2. The van der Waals surface area contributed by atoms with Gasteiger partial charge in [0.2, 0.25) is 5.91 Å².